The first-order valence-corrected chi connectivity index (χ1v) is 7.37. The number of hydrogen-bond donors (Lipinski definition) is 2. The highest BCUT2D eigenvalue weighted by molar-refractivity contribution is 5.48. The summed E-state index contributed by atoms with van der Waals surface area (Å²) in [5.41, 5.74) is 0. The van der Waals surface area contributed by atoms with Gasteiger partial charge < -0.3 is 10.6 Å². The molecule has 7 heteroatoms. The van der Waals surface area contributed by atoms with E-state index in [1.54, 1.807) is 6.07 Å². The maximum atomic E-state index is 12.9. The maximum Gasteiger partial charge on any atom is 0.451 e. The zero-order chi connectivity index (χ0) is 15.5. The van der Waals surface area contributed by atoms with Gasteiger partial charge in [0.05, 0.1) is 0 Å². The van der Waals surface area contributed by atoms with Crippen molar-refractivity contribution in [3.63, 3.8) is 0 Å². The molecular weight excluding hydrogens is 281 g/mol. The Morgan fingerprint density at radius 3 is 2.48 bits per heavy atom. The number of anilines is 2. The molecule has 118 valence electrons. The summed E-state index contributed by atoms with van der Waals surface area (Å²) in [5, 5.41) is 5.97. The Hall–Kier alpha value is -1.53. The van der Waals surface area contributed by atoms with E-state index in [9.17, 15) is 13.2 Å². The van der Waals surface area contributed by atoms with Crippen molar-refractivity contribution in [3.8, 4) is 0 Å². The average Bonchev–Trinajstić information content (AvgIpc) is 2.32. The number of nitrogens with one attached hydrogen (secondary N) is 2. The Labute approximate surface area is 122 Å². The fourth-order valence-electron chi connectivity index (χ4n) is 2.28. The Bertz CT molecular complexity index is 472. The lowest BCUT2D eigenvalue weighted by molar-refractivity contribution is -0.144. The van der Waals surface area contributed by atoms with E-state index in [-0.39, 0.29) is 17.7 Å². The molecule has 4 nitrogen and oxygen atoms in total. The standard InChI is InChI=1S/C14H21F3N4/c1-3-7-18-11-8-12(19-9(2)10-5-4-6-10)21-13(20-11)14(15,16)17/h8-10H,3-7H2,1-2H3,(H2,18,19,20,21). The average molecular weight is 302 g/mol. The molecule has 1 saturated carbocycles. The molecule has 2 rings (SSSR count). The molecule has 0 aromatic carbocycles. The predicted octanol–water partition coefficient (Wildman–Crippen LogP) is 3.92. The topological polar surface area (TPSA) is 49.8 Å². The van der Waals surface area contributed by atoms with Crippen LogP contribution in [0, 0.1) is 5.92 Å². The van der Waals surface area contributed by atoms with Crippen LogP contribution in [0.3, 0.4) is 0 Å². The highest BCUT2D eigenvalue weighted by Gasteiger charge is 2.35. The molecular formula is C14H21F3N4. The van der Waals surface area contributed by atoms with Crippen LogP contribution in [0.4, 0.5) is 24.8 Å². The number of halogens is 3. The molecule has 0 spiro atoms. The molecule has 1 aliphatic carbocycles. The van der Waals surface area contributed by atoms with Crippen LogP contribution < -0.4 is 10.6 Å². The van der Waals surface area contributed by atoms with E-state index >= 15 is 0 Å². The van der Waals surface area contributed by atoms with Crippen molar-refractivity contribution in [3.05, 3.63) is 11.9 Å². The van der Waals surface area contributed by atoms with Crippen molar-refractivity contribution in [2.24, 2.45) is 5.92 Å². The zero-order valence-corrected chi connectivity index (χ0v) is 12.3. The molecule has 0 amide bonds. The third kappa shape index (κ3) is 4.22. The van der Waals surface area contributed by atoms with Crippen LogP contribution in [0.1, 0.15) is 45.4 Å². The van der Waals surface area contributed by atoms with Gasteiger partial charge in [-0.15, -0.1) is 0 Å². The summed E-state index contributed by atoms with van der Waals surface area (Å²) in [6.07, 6.45) is -0.303. The van der Waals surface area contributed by atoms with Gasteiger partial charge in [-0.05, 0) is 32.1 Å². The SMILES string of the molecule is CCCNc1cc(NC(C)C2CCC2)nc(C(F)(F)F)n1. The van der Waals surface area contributed by atoms with Gasteiger partial charge in [0, 0.05) is 18.7 Å². The van der Waals surface area contributed by atoms with E-state index < -0.39 is 12.0 Å². The molecule has 0 aliphatic heterocycles. The van der Waals surface area contributed by atoms with Gasteiger partial charge in [-0.25, -0.2) is 9.97 Å². The van der Waals surface area contributed by atoms with Crippen LogP contribution in [-0.2, 0) is 6.18 Å². The minimum Gasteiger partial charge on any atom is -0.370 e. The number of rotatable bonds is 6. The smallest absolute Gasteiger partial charge is 0.370 e. The van der Waals surface area contributed by atoms with Gasteiger partial charge in [-0.1, -0.05) is 13.3 Å². The quantitative estimate of drug-likeness (QED) is 0.836. The Kier molecular flexibility index (Phi) is 4.90. The van der Waals surface area contributed by atoms with Gasteiger partial charge in [0.1, 0.15) is 11.6 Å². The maximum absolute atomic E-state index is 12.9. The lowest BCUT2D eigenvalue weighted by Gasteiger charge is -2.32. The van der Waals surface area contributed by atoms with Crippen LogP contribution in [-0.4, -0.2) is 22.6 Å². The molecule has 0 bridgehead atoms. The van der Waals surface area contributed by atoms with Crippen LogP contribution in [0.5, 0.6) is 0 Å². The zero-order valence-electron chi connectivity index (χ0n) is 12.3. The second kappa shape index (κ2) is 6.49. The monoisotopic (exact) mass is 302 g/mol. The number of aromatic nitrogens is 2. The summed E-state index contributed by atoms with van der Waals surface area (Å²) in [4.78, 5) is 7.15. The second-order valence-corrected chi connectivity index (χ2v) is 5.51. The van der Waals surface area contributed by atoms with Crippen molar-refractivity contribution in [2.45, 2.75) is 51.7 Å². The van der Waals surface area contributed by atoms with Gasteiger partial charge >= 0.3 is 6.18 Å². The molecule has 1 aliphatic rings. The van der Waals surface area contributed by atoms with E-state index in [0.717, 1.165) is 19.3 Å². The van der Waals surface area contributed by atoms with Crippen molar-refractivity contribution in [1.29, 1.82) is 0 Å². The molecule has 1 atom stereocenters. The molecule has 1 aromatic rings. The summed E-state index contributed by atoms with van der Waals surface area (Å²) < 4.78 is 38.6. The first-order chi connectivity index (χ1) is 9.90. The van der Waals surface area contributed by atoms with E-state index in [1.807, 2.05) is 13.8 Å². The Morgan fingerprint density at radius 1 is 1.29 bits per heavy atom. The largest absolute Gasteiger partial charge is 0.451 e. The fourth-order valence-corrected chi connectivity index (χ4v) is 2.28. The third-order valence-electron chi connectivity index (χ3n) is 3.77. The molecule has 1 heterocycles. The number of alkyl halides is 3. The molecule has 1 unspecified atom stereocenters. The van der Waals surface area contributed by atoms with Crippen LogP contribution >= 0.6 is 0 Å². The molecule has 21 heavy (non-hydrogen) atoms. The first kappa shape index (κ1) is 15.9. The molecule has 1 fully saturated rings. The Balaban J connectivity index is 2.17. The highest BCUT2D eigenvalue weighted by atomic mass is 19.4. The minimum absolute atomic E-state index is 0.119. The summed E-state index contributed by atoms with van der Waals surface area (Å²) >= 11 is 0. The summed E-state index contributed by atoms with van der Waals surface area (Å²) in [5.74, 6) is -0.147. The molecule has 0 radical (unpaired) electrons. The van der Waals surface area contributed by atoms with Gasteiger partial charge in [0.25, 0.3) is 0 Å². The molecule has 1 aromatic heterocycles. The van der Waals surface area contributed by atoms with E-state index in [1.165, 1.54) is 6.42 Å². The summed E-state index contributed by atoms with van der Waals surface area (Å²) in [7, 11) is 0. The highest BCUT2D eigenvalue weighted by Crippen LogP contribution is 2.32. The molecule has 0 saturated heterocycles. The van der Waals surface area contributed by atoms with Crippen LogP contribution in [0.2, 0.25) is 0 Å². The predicted molar refractivity (Wildman–Crippen MR) is 76.2 cm³/mol. The Morgan fingerprint density at radius 2 is 1.95 bits per heavy atom. The van der Waals surface area contributed by atoms with Gasteiger partial charge in [-0.3, -0.25) is 0 Å². The van der Waals surface area contributed by atoms with Crippen molar-refractivity contribution in [2.75, 3.05) is 17.2 Å². The third-order valence-corrected chi connectivity index (χ3v) is 3.77. The van der Waals surface area contributed by atoms with Gasteiger partial charge in [0.15, 0.2) is 0 Å². The van der Waals surface area contributed by atoms with Crippen molar-refractivity contribution < 1.29 is 13.2 Å². The lowest BCUT2D eigenvalue weighted by atomic mass is 9.80. The van der Waals surface area contributed by atoms with Crippen LogP contribution in [0.15, 0.2) is 6.07 Å². The second-order valence-electron chi connectivity index (χ2n) is 5.51. The molecule has 2 N–H and O–H groups in total. The summed E-state index contributed by atoms with van der Waals surface area (Å²) in [6, 6.07) is 1.66. The summed E-state index contributed by atoms with van der Waals surface area (Å²) in [6.45, 7) is 4.50. The van der Waals surface area contributed by atoms with Crippen LogP contribution in [0.25, 0.3) is 0 Å². The fraction of sp³-hybridized carbons (Fsp3) is 0.714. The minimum atomic E-state index is -4.54. The number of hydrogen-bond acceptors (Lipinski definition) is 4. The first-order valence-electron chi connectivity index (χ1n) is 7.37. The van der Waals surface area contributed by atoms with Crippen molar-refractivity contribution in [1.82, 2.24) is 9.97 Å². The van der Waals surface area contributed by atoms with E-state index in [0.29, 0.717) is 12.5 Å². The van der Waals surface area contributed by atoms with E-state index in [4.69, 9.17) is 0 Å². The normalized spacial score (nSPS) is 17.2. The van der Waals surface area contributed by atoms with E-state index in [2.05, 4.69) is 20.6 Å². The van der Waals surface area contributed by atoms with Gasteiger partial charge in [-0.2, -0.15) is 13.2 Å². The number of nitrogens with zero attached hydrogens (tertiary/aromatic N) is 2. The van der Waals surface area contributed by atoms with Crippen molar-refractivity contribution >= 4 is 11.6 Å². The lowest BCUT2D eigenvalue weighted by Crippen LogP contribution is -2.31. The van der Waals surface area contributed by atoms with Gasteiger partial charge in [0.2, 0.25) is 5.82 Å².